The highest BCUT2D eigenvalue weighted by Crippen LogP contribution is 2.35. The molecule has 2 N–H and O–H groups in total. The number of rotatable bonds is 3. The normalized spacial score (nSPS) is 16.3. The van der Waals surface area contributed by atoms with Crippen LogP contribution < -0.4 is 5.73 Å². The maximum absolute atomic E-state index is 6.06. The van der Waals surface area contributed by atoms with Gasteiger partial charge in [0.15, 0.2) is 5.82 Å². The molecule has 0 saturated heterocycles. The van der Waals surface area contributed by atoms with E-state index in [9.17, 15) is 0 Å². The van der Waals surface area contributed by atoms with Crippen molar-refractivity contribution in [1.82, 2.24) is 5.16 Å². The first-order valence-electron chi connectivity index (χ1n) is 7.97. The first-order chi connectivity index (χ1) is 10.1. The van der Waals surface area contributed by atoms with Crippen molar-refractivity contribution in [3.63, 3.8) is 0 Å². The molecule has 1 aliphatic carbocycles. The van der Waals surface area contributed by atoms with Crippen molar-refractivity contribution in [2.45, 2.75) is 52.4 Å². The summed E-state index contributed by atoms with van der Waals surface area (Å²) in [5.41, 5.74) is 10.8. The van der Waals surface area contributed by atoms with Crippen LogP contribution in [0.25, 0.3) is 11.1 Å². The van der Waals surface area contributed by atoms with E-state index >= 15 is 0 Å². The van der Waals surface area contributed by atoms with E-state index in [0.717, 1.165) is 29.2 Å². The lowest BCUT2D eigenvalue weighted by molar-refractivity contribution is 0.311. The van der Waals surface area contributed by atoms with Gasteiger partial charge in [0.25, 0.3) is 0 Å². The summed E-state index contributed by atoms with van der Waals surface area (Å²) in [5, 5.41) is 4.01. The van der Waals surface area contributed by atoms with Gasteiger partial charge in [0, 0.05) is 6.42 Å². The third-order valence-corrected chi connectivity index (χ3v) is 4.78. The fourth-order valence-corrected chi connectivity index (χ4v) is 3.34. The maximum Gasteiger partial charge on any atom is 0.175 e. The van der Waals surface area contributed by atoms with Crippen molar-refractivity contribution in [2.24, 2.45) is 5.92 Å². The molecule has 21 heavy (non-hydrogen) atoms. The van der Waals surface area contributed by atoms with Crippen LogP contribution in [-0.2, 0) is 6.42 Å². The van der Waals surface area contributed by atoms with Crippen LogP contribution in [0.1, 0.15) is 49.0 Å². The quantitative estimate of drug-likeness (QED) is 0.891. The average molecular weight is 284 g/mol. The minimum atomic E-state index is 0.518. The Labute approximate surface area is 126 Å². The summed E-state index contributed by atoms with van der Waals surface area (Å²) in [6.45, 7) is 4.25. The molecule has 0 radical (unpaired) electrons. The van der Waals surface area contributed by atoms with Gasteiger partial charge in [0.1, 0.15) is 5.76 Å². The molecule has 3 rings (SSSR count). The van der Waals surface area contributed by atoms with Crippen LogP contribution in [-0.4, -0.2) is 5.16 Å². The number of benzene rings is 1. The minimum Gasteiger partial charge on any atom is -0.380 e. The van der Waals surface area contributed by atoms with Crippen LogP contribution in [0, 0.1) is 19.8 Å². The summed E-state index contributed by atoms with van der Waals surface area (Å²) in [5.74, 6) is 2.20. The number of aromatic nitrogens is 1. The summed E-state index contributed by atoms with van der Waals surface area (Å²) >= 11 is 0. The Kier molecular flexibility index (Phi) is 4.00. The van der Waals surface area contributed by atoms with Crippen LogP contribution in [0.3, 0.4) is 0 Å². The van der Waals surface area contributed by atoms with Gasteiger partial charge in [0.05, 0.1) is 5.56 Å². The van der Waals surface area contributed by atoms with Gasteiger partial charge in [-0.15, -0.1) is 0 Å². The van der Waals surface area contributed by atoms with Gasteiger partial charge in [-0.25, -0.2) is 0 Å². The molecule has 3 heteroatoms. The third-order valence-electron chi connectivity index (χ3n) is 4.78. The van der Waals surface area contributed by atoms with Gasteiger partial charge in [-0.3, -0.25) is 0 Å². The molecule has 0 aliphatic heterocycles. The van der Waals surface area contributed by atoms with E-state index in [0.29, 0.717) is 5.82 Å². The van der Waals surface area contributed by atoms with Crippen molar-refractivity contribution in [2.75, 3.05) is 5.73 Å². The van der Waals surface area contributed by atoms with E-state index in [-0.39, 0.29) is 0 Å². The summed E-state index contributed by atoms with van der Waals surface area (Å²) in [4.78, 5) is 0. The molecule has 0 bridgehead atoms. The first kappa shape index (κ1) is 14.2. The fraction of sp³-hybridized carbons (Fsp3) is 0.500. The van der Waals surface area contributed by atoms with E-state index in [1.807, 2.05) is 0 Å². The molecule has 3 nitrogen and oxygen atoms in total. The molecule has 1 aromatic heterocycles. The van der Waals surface area contributed by atoms with Gasteiger partial charge in [-0.1, -0.05) is 55.5 Å². The SMILES string of the molecule is Cc1ccc(-c2c(N)noc2CC2CCCCC2)cc1C. The number of nitrogens with two attached hydrogens (primary N) is 1. The van der Waals surface area contributed by atoms with E-state index in [4.69, 9.17) is 10.3 Å². The Morgan fingerprint density at radius 1 is 1.14 bits per heavy atom. The lowest BCUT2D eigenvalue weighted by Gasteiger charge is -2.20. The van der Waals surface area contributed by atoms with Gasteiger partial charge in [-0.2, -0.15) is 0 Å². The molecule has 1 heterocycles. The summed E-state index contributed by atoms with van der Waals surface area (Å²) in [6.07, 6.45) is 7.62. The third kappa shape index (κ3) is 2.97. The van der Waals surface area contributed by atoms with Crippen LogP contribution in [0.5, 0.6) is 0 Å². The zero-order chi connectivity index (χ0) is 14.8. The van der Waals surface area contributed by atoms with Crippen molar-refractivity contribution in [3.05, 3.63) is 35.1 Å². The lowest BCUT2D eigenvalue weighted by Crippen LogP contribution is -2.09. The topological polar surface area (TPSA) is 52.0 Å². The monoisotopic (exact) mass is 284 g/mol. The second-order valence-corrected chi connectivity index (χ2v) is 6.37. The smallest absolute Gasteiger partial charge is 0.175 e. The van der Waals surface area contributed by atoms with Crippen LogP contribution in [0.4, 0.5) is 5.82 Å². The van der Waals surface area contributed by atoms with E-state index in [1.54, 1.807) is 0 Å². The highest BCUT2D eigenvalue weighted by molar-refractivity contribution is 5.76. The molecule has 1 aromatic carbocycles. The van der Waals surface area contributed by atoms with Crippen LogP contribution in [0.15, 0.2) is 22.7 Å². The Morgan fingerprint density at radius 2 is 1.90 bits per heavy atom. The van der Waals surface area contributed by atoms with E-state index in [2.05, 4.69) is 37.2 Å². The van der Waals surface area contributed by atoms with Gasteiger partial charge < -0.3 is 10.3 Å². The standard InChI is InChI=1S/C18H24N2O/c1-12-8-9-15(10-13(12)2)17-16(21-20-18(17)19)11-14-6-4-3-5-7-14/h8-10,14H,3-7,11H2,1-2H3,(H2,19,20). The van der Waals surface area contributed by atoms with Crippen LogP contribution >= 0.6 is 0 Å². The molecule has 1 saturated carbocycles. The second kappa shape index (κ2) is 5.92. The molecule has 0 atom stereocenters. The highest BCUT2D eigenvalue weighted by atomic mass is 16.5. The molecular weight excluding hydrogens is 260 g/mol. The van der Waals surface area contributed by atoms with Gasteiger partial charge in [0.2, 0.25) is 0 Å². The molecular formula is C18H24N2O. The Hall–Kier alpha value is -1.77. The maximum atomic E-state index is 6.06. The van der Waals surface area contributed by atoms with Crippen molar-refractivity contribution < 1.29 is 4.52 Å². The molecule has 2 aromatic rings. The largest absolute Gasteiger partial charge is 0.380 e. The van der Waals surface area contributed by atoms with Crippen LogP contribution in [0.2, 0.25) is 0 Å². The van der Waals surface area contributed by atoms with Crippen molar-refractivity contribution >= 4 is 5.82 Å². The zero-order valence-corrected chi connectivity index (χ0v) is 13.0. The molecule has 0 amide bonds. The van der Waals surface area contributed by atoms with Gasteiger partial charge in [-0.05, 0) is 36.5 Å². The average Bonchev–Trinajstić information content (AvgIpc) is 2.84. The predicted molar refractivity (Wildman–Crippen MR) is 86.1 cm³/mol. The van der Waals surface area contributed by atoms with E-state index < -0.39 is 0 Å². The molecule has 0 unspecified atom stereocenters. The molecule has 112 valence electrons. The Balaban J connectivity index is 1.90. The zero-order valence-electron chi connectivity index (χ0n) is 13.0. The number of hydrogen-bond donors (Lipinski definition) is 1. The molecule has 0 spiro atoms. The van der Waals surface area contributed by atoms with Gasteiger partial charge >= 0.3 is 0 Å². The lowest BCUT2D eigenvalue weighted by atomic mass is 9.85. The molecule has 1 fully saturated rings. The van der Waals surface area contributed by atoms with E-state index in [1.165, 1.54) is 43.2 Å². The fourth-order valence-electron chi connectivity index (χ4n) is 3.34. The highest BCUT2D eigenvalue weighted by Gasteiger charge is 2.21. The predicted octanol–water partition coefficient (Wildman–Crippen LogP) is 4.66. The second-order valence-electron chi connectivity index (χ2n) is 6.37. The minimum absolute atomic E-state index is 0.518. The number of nitrogen functional groups attached to an aromatic ring is 1. The Bertz CT molecular complexity index is 624. The summed E-state index contributed by atoms with van der Waals surface area (Å²) in [6, 6.07) is 6.44. The number of anilines is 1. The van der Waals surface area contributed by atoms with Crippen molar-refractivity contribution in [3.8, 4) is 11.1 Å². The van der Waals surface area contributed by atoms with Crippen molar-refractivity contribution in [1.29, 1.82) is 0 Å². The Morgan fingerprint density at radius 3 is 2.62 bits per heavy atom. The number of nitrogens with zero attached hydrogens (tertiary/aromatic N) is 1. The summed E-state index contributed by atoms with van der Waals surface area (Å²) < 4.78 is 5.55. The number of aryl methyl sites for hydroxylation is 2. The number of hydrogen-bond acceptors (Lipinski definition) is 3. The summed E-state index contributed by atoms with van der Waals surface area (Å²) in [7, 11) is 0. The molecule has 1 aliphatic rings. The first-order valence-corrected chi connectivity index (χ1v) is 7.97.